The number of hydrogen-bond donors (Lipinski definition) is 1. The molecular weight excluding hydrogens is 547 g/mol. The van der Waals surface area contributed by atoms with E-state index in [0.29, 0.717) is 23.7 Å². The Kier molecular flexibility index (Phi) is 10.1. The van der Waals surface area contributed by atoms with Crippen LogP contribution in [0.15, 0.2) is 77.3 Å². The van der Waals surface area contributed by atoms with Crippen molar-refractivity contribution < 1.29 is 18.7 Å². The van der Waals surface area contributed by atoms with Gasteiger partial charge in [-0.1, -0.05) is 62.4 Å². The quantitative estimate of drug-likeness (QED) is 0.291. The van der Waals surface area contributed by atoms with E-state index in [1.54, 1.807) is 12.1 Å². The van der Waals surface area contributed by atoms with E-state index in [9.17, 15) is 14.0 Å². The van der Waals surface area contributed by atoms with Crippen molar-refractivity contribution in [2.24, 2.45) is 0 Å². The molecule has 0 fully saturated rings. The monoisotopic (exact) mass is 582 g/mol. The molecule has 5 nitrogen and oxygen atoms in total. The van der Waals surface area contributed by atoms with E-state index in [4.69, 9.17) is 4.74 Å². The van der Waals surface area contributed by atoms with Crippen molar-refractivity contribution >= 4 is 27.7 Å². The molecule has 38 heavy (non-hydrogen) atoms. The summed E-state index contributed by atoms with van der Waals surface area (Å²) in [5.74, 6) is -0.0779. The van der Waals surface area contributed by atoms with Gasteiger partial charge in [0.2, 0.25) is 5.91 Å². The van der Waals surface area contributed by atoms with E-state index < -0.39 is 11.6 Å². The highest BCUT2D eigenvalue weighted by atomic mass is 79.9. The van der Waals surface area contributed by atoms with Crippen LogP contribution in [0.5, 0.6) is 5.75 Å². The standard InChI is InChI=1S/C31H36BrFN2O3/c1-21(2)24-13-16-28(26(32)18-24)38-20-29(36)35(19-23-11-14-25(33)15-12-23)27(30(37)34-31(3,4)5)17-22-9-7-6-8-10-22/h6-16,18,21,27H,17,19-20H2,1-5H3,(H,34,37)/t27-/m0/s1. The number of nitrogens with one attached hydrogen (secondary N) is 1. The van der Waals surface area contributed by atoms with Gasteiger partial charge >= 0.3 is 0 Å². The molecule has 0 heterocycles. The summed E-state index contributed by atoms with van der Waals surface area (Å²) >= 11 is 3.54. The van der Waals surface area contributed by atoms with E-state index in [2.05, 4.69) is 35.1 Å². The van der Waals surface area contributed by atoms with Crippen molar-refractivity contribution in [1.82, 2.24) is 10.2 Å². The van der Waals surface area contributed by atoms with Gasteiger partial charge in [-0.3, -0.25) is 9.59 Å². The van der Waals surface area contributed by atoms with E-state index in [1.165, 1.54) is 17.0 Å². The second-order valence-electron chi connectivity index (χ2n) is 10.7. The number of carbonyl (C=O) groups is 2. The highest BCUT2D eigenvalue weighted by Gasteiger charge is 2.32. The molecular formula is C31H36BrFN2O3. The molecule has 0 aliphatic rings. The van der Waals surface area contributed by atoms with Crippen molar-refractivity contribution in [3.63, 3.8) is 0 Å². The third-order valence-electron chi connectivity index (χ3n) is 6.01. The molecule has 0 unspecified atom stereocenters. The zero-order chi connectivity index (χ0) is 27.9. The van der Waals surface area contributed by atoms with E-state index in [0.717, 1.165) is 15.6 Å². The zero-order valence-electron chi connectivity index (χ0n) is 22.6. The first-order chi connectivity index (χ1) is 17.9. The van der Waals surface area contributed by atoms with Gasteiger partial charge in [-0.15, -0.1) is 0 Å². The fourth-order valence-corrected chi connectivity index (χ4v) is 4.52. The maximum absolute atomic E-state index is 13.7. The van der Waals surface area contributed by atoms with Crippen LogP contribution in [0.3, 0.4) is 0 Å². The summed E-state index contributed by atoms with van der Waals surface area (Å²) in [6.45, 7) is 9.79. The predicted molar refractivity (Wildman–Crippen MR) is 153 cm³/mol. The third-order valence-corrected chi connectivity index (χ3v) is 6.63. The third kappa shape index (κ3) is 8.69. The van der Waals surface area contributed by atoms with Gasteiger partial charge in [0.25, 0.3) is 5.91 Å². The maximum Gasteiger partial charge on any atom is 0.261 e. The Morgan fingerprint density at radius 3 is 2.21 bits per heavy atom. The second kappa shape index (κ2) is 13.1. The van der Waals surface area contributed by atoms with Gasteiger partial charge in [-0.2, -0.15) is 0 Å². The Labute approximate surface area is 233 Å². The molecule has 1 N–H and O–H groups in total. The first kappa shape index (κ1) is 29.4. The predicted octanol–water partition coefficient (Wildman–Crippen LogP) is 6.65. The molecule has 1 atom stereocenters. The van der Waals surface area contributed by atoms with Crippen LogP contribution in [0.25, 0.3) is 0 Å². The molecule has 0 aliphatic heterocycles. The molecule has 3 rings (SSSR count). The molecule has 0 spiro atoms. The highest BCUT2D eigenvalue weighted by Crippen LogP contribution is 2.29. The van der Waals surface area contributed by atoms with Crippen molar-refractivity contribution in [2.75, 3.05) is 6.61 Å². The number of carbonyl (C=O) groups excluding carboxylic acids is 2. The van der Waals surface area contributed by atoms with Crippen LogP contribution in [0.2, 0.25) is 0 Å². The molecule has 202 valence electrons. The van der Waals surface area contributed by atoms with Gasteiger partial charge in [-0.05, 0) is 83.6 Å². The Morgan fingerprint density at radius 2 is 1.63 bits per heavy atom. The van der Waals surface area contributed by atoms with Gasteiger partial charge in [-0.25, -0.2) is 4.39 Å². The topological polar surface area (TPSA) is 58.6 Å². The largest absolute Gasteiger partial charge is 0.483 e. The summed E-state index contributed by atoms with van der Waals surface area (Å²) in [6.07, 6.45) is 0.322. The van der Waals surface area contributed by atoms with Crippen LogP contribution in [0, 0.1) is 5.82 Å². The van der Waals surface area contributed by atoms with Crippen LogP contribution in [-0.2, 0) is 22.6 Å². The van der Waals surface area contributed by atoms with Crippen molar-refractivity contribution in [3.05, 3.63) is 99.8 Å². The molecule has 0 aromatic heterocycles. The first-order valence-corrected chi connectivity index (χ1v) is 13.5. The lowest BCUT2D eigenvalue weighted by Gasteiger charge is -2.33. The smallest absolute Gasteiger partial charge is 0.261 e. The first-order valence-electron chi connectivity index (χ1n) is 12.7. The summed E-state index contributed by atoms with van der Waals surface area (Å²) in [5.41, 5.74) is 2.29. The minimum atomic E-state index is -0.801. The summed E-state index contributed by atoms with van der Waals surface area (Å²) in [4.78, 5) is 28.8. The lowest BCUT2D eigenvalue weighted by molar-refractivity contribution is -0.143. The van der Waals surface area contributed by atoms with Crippen molar-refractivity contribution in [2.45, 2.75) is 65.1 Å². The van der Waals surface area contributed by atoms with Gasteiger partial charge in [0.05, 0.1) is 4.47 Å². The molecule has 7 heteroatoms. The molecule has 0 saturated carbocycles. The number of nitrogens with zero attached hydrogens (tertiary/aromatic N) is 1. The molecule has 0 bridgehead atoms. The molecule has 0 radical (unpaired) electrons. The van der Waals surface area contributed by atoms with E-state index >= 15 is 0 Å². The average Bonchev–Trinajstić information content (AvgIpc) is 2.85. The molecule has 2 amide bonds. The summed E-state index contributed by atoms with van der Waals surface area (Å²) in [7, 11) is 0. The van der Waals surface area contributed by atoms with Gasteiger partial charge in [0.1, 0.15) is 17.6 Å². The van der Waals surface area contributed by atoms with E-state index in [1.807, 2.05) is 69.3 Å². The van der Waals surface area contributed by atoms with Crippen LogP contribution in [0.1, 0.15) is 57.2 Å². The Balaban J connectivity index is 1.92. The number of benzene rings is 3. The minimum Gasteiger partial charge on any atom is -0.483 e. The Morgan fingerprint density at radius 1 is 0.974 bits per heavy atom. The fraction of sp³-hybridized carbons (Fsp3) is 0.355. The van der Waals surface area contributed by atoms with Crippen LogP contribution in [-0.4, -0.2) is 34.9 Å². The molecule has 3 aromatic carbocycles. The molecule has 0 aliphatic carbocycles. The number of halogens is 2. The zero-order valence-corrected chi connectivity index (χ0v) is 24.2. The lowest BCUT2D eigenvalue weighted by atomic mass is 10.0. The Bertz CT molecular complexity index is 1220. The molecule has 3 aromatic rings. The Hall–Kier alpha value is -3.19. The van der Waals surface area contributed by atoms with Crippen LogP contribution >= 0.6 is 15.9 Å². The van der Waals surface area contributed by atoms with Crippen molar-refractivity contribution in [3.8, 4) is 5.75 Å². The number of hydrogen-bond acceptors (Lipinski definition) is 3. The summed E-state index contributed by atoms with van der Waals surface area (Å²) < 4.78 is 20.3. The van der Waals surface area contributed by atoms with Gasteiger partial charge in [0.15, 0.2) is 6.61 Å². The number of rotatable bonds is 10. The minimum absolute atomic E-state index is 0.130. The van der Waals surface area contributed by atoms with Crippen LogP contribution < -0.4 is 10.1 Å². The summed E-state index contributed by atoms with van der Waals surface area (Å²) in [5, 5.41) is 3.03. The average molecular weight is 584 g/mol. The SMILES string of the molecule is CC(C)c1ccc(OCC(=O)N(Cc2ccc(F)cc2)[C@@H](Cc2ccccc2)C(=O)NC(C)(C)C)c(Br)c1. The normalized spacial score (nSPS) is 12.2. The van der Waals surface area contributed by atoms with Crippen LogP contribution in [0.4, 0.5) is 4.39 Å². The molecule has 0 saturated heterocycles. The van der Waals surface area contributed by atoms with Gasteiger partial charge < -0.3 is 15.0 Å². The van der Waals surface area contributed by atoms with E-state index in [-0.39, 0.29) is 30.8 Å². The lowest BCUT2D eigenvalue weighted by Crippen LogP contribution is -2.55. The number of amides is 2. The van der Waals surface area contributed by atoms with Gasteiger partial charge in [0, 0.05) is 18.5 Å². The number of ether oxygens (including phenoxy) is 1. The maximum atomic E-state index is 13.7. The van der Waals surface area contributed by atoms with Crippen molar-refractivity contribution in [1.29, 1.82) is 0 Å². The highest BCUT2D eigenvalue weighted by molar-refractivity contribution is 9.10. The fourth-order valence-electron chi connectivity index (χ4n) is 4.01. The second-order valence-corrected chi connectivity index (χ2v) is 11.6. The summed E-state index contributed by atoms with van der Waals surface area (Å²) in [6, 6.07) is 20.5.